The molecule has 1 unspecified atom stereocenters. The summed E-state index contributed by atoms with van der Waals surface area (Å²) in [5.41, 5.74) is 4.22. The summed E-state index contributed by atoms with van der Waals surface area (Å²) in [6.45, 7) is 0. The first-order valence-corrected chi connectivity index (χ1v) is 7.93. The standard InChI is InChI=1S/C17H28N2O2/c1-20-16-9-8-14(12-17(16)21-2)11-15(19-18)10-13-6-4-3-5-7-13/h8-9,12-13,15,19H,3-7,10-11,18H2,1-2H3. The zero-order valence-corrected chi connectivity index (χ0v) is 13.2. The van der Waals surface area contributed by atoms with Crippen LogP contribution in [0.5, 0.6) is 11.5 Å². The molecule has 118 valence electrons. The Balaban J connectivity index is 1.97. The molecule has 4 heteroatoms. The van der Waals surface area contributed by atoms with Crippen molar-refractivity contribution in [3.8, 4) is 11.5 Å². The average Bonchev–Trinajstić information content (AvgIpc) is 2.55. The first kappa shape index (κ1) is 16.1. The van der Waals surface area contributed by atoms with Gasteiger partial charge in [0.2, 0.25) is 0 Å². The van der Waals surface area contributed by atoms with Crippen LogP contribution in [0.1, 0.15) is 44.1 Å². The van der Waals surface area contributed by atoms with Crippen LogP contribution in [0.2, 0.25) is 0 Å². The maximum atomic E-state index is 5.76. The van der Waals surface area contributed by atoms with Crippen molar-refractivity contribution in [2.45, 2.75) is 51.0 Å². The molecule has 1 fully saturated rings. The van der Waals surface area contributed by atoms with Crippen LogP contribution in [-0.4, -0.2) is 20.3 Å². The number of rotatable bonds is 7. The highest BCUT2D eigenvalue weighted by molar-refractivity contribution is 5.43. The van der Waals surface area contributed by atoms with Crippen molar-refractivity contribution in [3.05, 3.63) is 23.8 Å². The molecule has 0 amide bonds. The van der Waals surface area contributed by atoms with E-state index in [9.17, 15) is 0 Å². The van der Waals surface area contributed by atoms with Crippen LogP contribution in [0.3, 0.4) is 0 Å². The highest BCUT2D eigenvalue weighted by atomic mass is 16.5. The van der Waals surface area contributed by atoms with Gasteiger partial charge >= 0.3 is 0 Å². The average molecular weight is 292 g/mol. The fourth-order valence-corrected chi connectivity index (χ4v) is 3.33. The van der Waals surface area contributed by atoms with E-state index in [0.29, 0.717) is 6.04 Å². The monoisotopic (exact) mass is 292 g/mol. The largest absolute Gasteiger partial charge is 0.493 e. The van der Waals surface area contributed by atoms with E-state index in [-0.39, 0.29) is 0 Å². The van der Waals surface area contributed by atoms with E-state index < -0.39 is 0 Å². The summed E-state index contributed by atoms with van der Waals surface area (Å²) in [5, 5.41) is 0. The minimum absolute atomic E-state index is 0.325. The second kappa shape index (κ2) is 8.25. The van der Waals surface area contributed by atoms with E-state index in [4.69, 9.17) is 15.3 Å². The van der Waals surface area contributed by atoms with Crippen molar-refractivity contribution >= 4 is 0 Å². The quantitative estimate of drug-likeness (QED) is 0.599. The Morgan fingerprint density at radius 3 is 2.48 bits per heavy atom. The first-order valence-electron chi connectivity index (χ1n) is 7.93. The predicted octanol–water partition coefficient (Wildman–Crippen LogP) is 3.05. The zero-order valence-electron chi connectivity index (χ0n) is 13.2. The highest BCUT2D eigenvalue weighted by Gasteiger charge is 2.19. The summed E-state index contributed by atoms with van der Waals surface area (Å²) in [6, 6.07) is 6.42. The van der Waals surface area contributed by atoms with Gasteiger partial charge in [0.05, 0.1) is 14.2 Å². The Labute approximate surface area is 128 Å². The number of hydrazine groups is 1. The molecule has 1 saturated carbocycles. The molecule has 1 aromatic rings. The van der Waals surface area contributed by atoms with E-state index in [1.807, 2.05) is 12.1 Å². The van der Waals surface area contributed by atoms with Crippen molar-refractivity contribution in [3.63, 3.8) is 0 Å². The molecule has 0 radical (unpaired) electrons. The molecule has 1 atom stereocenters. The van der Waals surface area contributed by atoms with Crippen molar-refractivity contribution in [2.75, 3.05) is 14.2 Å². The lowest BCUT2D eigenvalue weighted by Gasteiger charge is -2.26. The van der Waals surface area contributed by atoms with E-state index in [1.165, 1.54) is 37.7 Å². The van der Waals surface area contributed by atoms with Gasteiger partial charge in [0, 0.05) is 6.04 Å². The lowest BCUT2D eigenvalue weighted by Crippen LogP contribution is -2.38. The van der Waals surface area contributed by atoms with Gasteiger partial charge in [-0.1, -0.05) is 38.2 Å². The molecule has 2 rings (SSSR count). The number of hydrogen-bond acceptors (Lipinski definition) is 4. The summed E-state index contributed by atoms with van der Waals surface area (Å²) >= 11 is 0. The number of benzene rings is 1. The second-order valence-corrected chi connectivity index (χ2v) is 6.00. The minimum atomic E-state index is 0.325. The van der Waals surface area contributed by atoms with Gasteiger partial charge in [0.15, 0.2) is 11.5 Å². The fourth-order valence-electron chi connectivity index (χ4n) is 3.33. The van der Waals surface area contributed by atoms with Crippen LogP contribution in [0.25, 0.3) is 0 Å². The molecule has 3 N–H and O–H groups in total. The normalized spacial score (nSPS) is 17.5. The Morgan fingerprint density at radius 2 is 1.86 bits per heavy atom. The zero-order chi connectivity index (χ0) is 15.1. The van der Waals surface area contributed by atoms with Gasteiger partial charge < -0.3 is 9.47 Å². The van der Waals surface area contributed by atoms with E-state index in [0.717, 1.165) is 30.3 Å². The molecule has 0 heterocycles. The van der Waals surface area contributed by atoms with Crippen LogP contribution in [0, 0.1) is 5.92 Å². The van der Waals surface area contributed by atoms with Crippen LogP contribution in [0.4, 0.5) is 0 Å². The Morgan fingerprint density at radius 1 is 1.14 bits per heavy atom. The van der Waals surface area contributed by atoms with Crippen molar-refractivity contribution < 1.29 is 9.47 Å². The van der Waals surface area contributed by atoms with Gasteiger partial charge in [-0.05, 0) is 36.5 Å². The SMILES string of the molecule is COc1ccc(CC(CC2CCCCC2)NN)cc1OC. The molecule has 0 aromatic heterocycles. The second-order valence-electron chi connectivity index (χ2n) is 6.00. The third kappa shape index (κ3) is 4.61. The van der Waals surface area contributed by atoms with Crippen LogP contribution >= 0.6 is 0 Å². The van der Waals surface area contributed by atoms with E-state index in [1.54, 1.807) is 14.2 Å². The van der Waals surface area contributed by atoms with E-state index >= 15 is 0 Å². The van der Waals surface area contributed by atoms with Gasteiger partial charge in [-0.3, -0.25) is 11.3 Å². The van der Waals surface area contributed by atoms with Gasteiger partial charge in [-0.15, -0.1) is 0 Å². The summed E-state index contributed by atoms with van der Waals surface area (Å²) in [5.74, 6) is 8.13. The summed E-state index contributed by atoms with van der Waals surface area (Å²) in [6.07, 6.45) is 8.93. The van der Waals surface area contributed by atoms with Crippen molar-refractivity contribution in [1.82, 2.24) is 5.43 Å². The molecule has 21 heavy (non-hydrogen) atoms. The predicted molar refractivity (Wildman–Crippen MR) is 85.6 cm³/mol. The lowest BCUT2D eigenvalue weighted by atomic mass is 9.84. The van der Waals surface area contributed by atoms with Gasteiger partial charge in [0.1, 0.15) is 0 Å². The molecule has 4 nitrogen and oxygen atoms in total. The van der Waals surface area contributed by atoms with Gasteiger partial charge in [-0.25, -0.2) is 0 Å². The smallest absolute Gasteiger partial charge is 0.160 e. The Bertz CT molecular complexity index is 431. The lowest BCUT2D eigenvalue weighted by molar-refractivity contribution is 0.297. The third-order valence-corrected chi connectivity index (χ3v) is 4.51. The molecule has 0 saturated heterocycles. The topological polar surface area (TPSA) is 56.5 Å². The number of nitrogens with two attached hydrogens (primary N) is 1. The number of nitrogens with one attached hydrogen (secondary N) is 1. The molecule has 0 spiro atoms. The number of methoxy groups -OCH3 is 2. The number of hydrogen-bond donors (Lipinski definition) is 2. The molecule has 1 aromatic carbocycles. The maximum Gasteiger partial charge on any atom is 0.160 e. The maximum absolute atomic E-state index is 5.76. The van der Waals surface area contributed by atoms with E-state index in [2.05, 4.69) is 11.5 Å². The Hall–Kier alpha value is -1.26. The van der Waals surface area contributed by atoms with Crippen LogP contribution in [-0.2, 0) is 6.42 Å². The van der Waals surface area contributed by atoms with Crippen LogP contribution < -0.4 is 20.7 Å². The van der Waals surface area contributed by atoms with Crippen LogP contribution in [0.15, 0.2) is 18.2 Å². The Kier molecular flexibility index (Phi) is 6.33. The fraction of sp³-hybridized carbons (Fsp3) is 0.647. The summed E-state index contributed by atoms with van der Waals surface area (Å²) < 4.78 is 10.6. The van der Waals surface area contributed by atoms with Crippen molar-refractivity contribution in [1.29, 1.82) is 0 Å². The minimum Gasteiger partial charge on any atom is -0.493 e. The highest BCUT2D eigenvalue weighted by Crippen LogP contribution is 2.30. The summed E-state index contributed by atoms with van der Waals surface area (Å²) in [4.78, 5) is 0. The third-order valence-electron chi connectivity index (χ3n) is 4.51. The number of ether oxygens (including phenoxy) is 2. The summed E-state index contributed by atoms with van der Waals surface area (Å²) in [7, 11) is 3.33. The molecule has 0 bridgehead atoms. The molecule has 1 aliphatic carbocycles. The van der Waals surface area contributed by atoms with Gasteiger partial charge in [-0.2, -0.15) is 0 Å². The van der Waals surface area contributed by atoms with Gasteiger partial charge in [0.25, 0.3) is 0 Å². The molecule has 0 aliphatic heterocycles. The van der Waals surface area contributed by atoms with Crippen molar-refractivity contribution in [2.24, 2.45) is 11.8 Å². The first-order chi connectivity index (χ1) is 10.3. The molecular formula is C17H28N2O2. The molecular weight excluding hydrogens is 264 g/mol. The molecule has 1 aliphatic rings.